The number of likely N-dealkylation sites (tertiary alicyclic amines) is 1. The molecule has 2 aromatic rings. The molecule has 2 aliphatic rings. The van der Waals surface area contributed by atoms with Crippen LogP contribution in [0.5, 0.6) is 0 Å². The van der Waals surface area contributed by atoms with Gasteiger partial charge in [-0.15, -0.1) is 0 Å². The standard InChI is InChI=1S/C22H25N3O3/c1-16-15-25(21(27)17-6-3-2-4-7-17)13-11-22(16)10-9-19(28-22)20(26)24-18-8-5-12-23-14-18/h2-8,12,14,16,19H,9-11,13,15H2,1H3,(H,24,26). The van der Waals surface area contributed by atoms with Gasteiger partial charge < -0.3 is 15.0 Å². The second-order valence-electron chi connectivity index (χ2n) is 7.71. The first-order valence-electron chi connectivity index (χ1n) is 9.80. The molecule has 1 spiro atoms. The van der Waals surface area contributed by atoms with E-state index < -0.39 is 6.10 Å². The maximum atomic E-state index is 12.7. The Morgan fingerprint density at radius 1 is 1.18 bits per heavy atom. The molecule has 2 fully saturated rings. The Labute approximate surface area is 164 Å². The number of anilines is 1. The van der Waals surface area contributed by atoms with Gasteiger partial charge in [-0.25, -0.2) is 0 Å². The zero-order valence-electron chi connectivity index (χ0n) is 16.0. The molecule has 2 amide bonds. The topological polar surface area (TPSA) is 71.5 Å². The van der Waals surface area contributed by atoms with Crippen LogP contribution in [0.1, 0.15) is 36.5 Å². The molecule has 3 unspecified atom stereocenters. The third-order valence-electron chi connectivity index (χ3n) is 5.93. The van der Waals surface area contributed by atoms with Crippen LogP contribution in [0.15, 0.2) is 54.9 Å². The zero-order valence-corrected chi connectivity index (χ0v) is 16.0. The molecule has 1 aromatic carbocycles. The summed E-state index contributed by atoms with van der Waals surface area (Å²) in [6, 6.07) is 13.0. The Balaban J connectivity index is 1.38. The maximum Gasteiger partial charge on any atom is 0.253 e. The van der Waals surface area contributed by atoms with E-state index in [1.165, 1.54) is 0 Å². The molecular formula is C22H25N3O3. The first-order chi connectivity index (χ1) is 13.6. The lowest BCUT2D eigenvalue weighted by molar-refractivity contribution is -0.141. The monoisotopic (exact) mass is 379 g/mol. The lowest BCUT2D eigenvalue weighted by Gasteiger charge is -2.44. The quantitative estimate of drug-likeness (QED) is 0.889. The van der Waals surface area contributed by atoms with Crippen LogP contribution < -0.4 is 5.32 Å². The molecule has 28 heavy (non-hydrogen) atoms. The lowest BCUT2D eigenvalue weighted by Crippen LogP contribution is -2.52. The summed E-state index contributed by atoms with van der Waals surface area (Å²) in [5.41, 5.74) is 1.06. The Kier molecular flexibility index (Phi) is 5.13. The first-order valence-corrected chi connectivity index (χ1v) is 9.80. The van der Waals surface area contributed by atoms with Crippen LogP contribution in [-0.2, 0) is 9.53 Å². The highest BCUT2D eigenvalue weighted by molar-refractivity contribution is 5.95. The van der Waals surface area contributed by atoms with Crippen molar-refractivity contribution in [3.63, 3.8) is 0 Å². The fourth-order valence-electron chi connectivity index (χ4n) is 4.27. The summed E-state index contributed by atoms with van der Waals surface area (Å²) in [7, 11) is 0. The van der Waals surface area contributed by atoms with Crippen molar-refractivity contribution >= 4 is 17.5 Å². The number of pyridine rings is 1. The van der Waals surface area contributed by atoms with Crippen molar-refractivity contribution in [1.82, 2.24) is 9.88 Å². The second kappa shape index (κ2) is 7.72. The molecule has 6 heteroatoms. The third-order valence-corrected chi connectivity index (χ3v) is 5.93. The molecule has 0 aliphatic carbocycles. The molecule has 4 rings (SSSR count). The van der Waals surface area contributed by atoms with E-state index in [0.29, 0.717) is 30.8 Å². The van der Waals surface area contributed by atoms with Gasteiger partial charge in [-0.2, -0.15) is 0 Å². The molecule has 146 valence electrons. The van der Waals surface area contributed by atoms with Crippen LogP contribution >= 0.6 is 0 Å². The molecule has 1 N–H and O–H groups in total. The summed E-state index contributed by atoms with van der Waals surface area (Å²) < 4.78 is 6.30. The van der Waals surface area contributed by atoms with Crippen LogP contribution in [0, 0.1) is 5.92 Å². The number of nitrogens with zero attached hydrogens (tertiary/aromatic N) is 2. The molecule has 0 radical (unpaired) electrons. The SMILES string of the molecule is CC1CN(C(=O)c2ccccc2)CCC12CCC(C(=O)Nc1cccnc1)O2. The van der Waals surface area contributed by atoms with E-state index in [-0.39, 0.29) is 23.3 Å². The van der Waals surface area contributed by atoms with Crippen LogP contribution in [0.3, 0.4) is 0 Å². The normalized spacial score (nSPS) is 27.0. The van der Waals surface area contributed by atoms with Gasteiger partial charge in [-0.1, -0.05) is 25.1 Å². The van der Waals surface area contributed by atoms with Crippen molar-refractivity contribution in [3.05, 3.63) is 60.4 Å². The average molecular weight is 379 g/mol. The van der Waals surface area contributed by atoms with Crippen molar-refractivity contribution in [3.8, 4) is 0 Å². The fourth-order valence-corrected chi connectivity index (χ4v) is 4.27. The second-order valence-corrected chi connectivity index (χ2v) is 7.71. The van der Waals surface area contributed by atoms with Gasteiger partial charge in [0.1, 0.15) is 6.10 Å². The summed E-state index contributed by atoms with van der Waals surface area (Å²) in [6.45, 7) is 3.41. The minimum Gasteiger partial charge on any atom is -0.362 e. The molecule has 3 heterocycles. The number of aromatic nitrogens is 1. The molecule has 6 nitrogen and oxygen atoms in total. The van der Waals surface area contributed by atoms with Crippen molar-refractivity contribution in [2.45, 2.75) is 37.9 Å². The number of hydrogen-bond acceptors (Lipinski definition) is 4. The van der Waals surface area contributed by atoms with Gasteiger partial charge in [0.05, 0.1) is 17.5 Å². The zero-order chi connectivity index (χ0) is 19.6. The van der Waals surface area contributed by atoms with E-state index in [9.17, 15) is 9.59 Å². The first kappa shape index (κ1) is 18.6. The summed E-state index contributed by atoms with van der Waals surface area (Å²) in [4.78, 5) is 31.2. The number of carbonyl (C=O) groups is 2. The highest BCUT2D eigenvalue weighted by Crippen LogP contribution is 2.42. The largest absolute Gasteiger partial charge is 0.362 e. The number of hydrogen-bond donors (Lipinski definition) is 1. The van der Waals surface area contributed by atoms with Crippen LogP contribution in [0.25, 0.3) is 0 Å². The Morgan fingerprint density at radius 2 is 2.00 bits per heavy atom. The average Bonchev–Trinajstić information content (AvgIpc) is 3.16. The van der Waals surface area contributed by atoms with Gasteiger partial charge in [-0.05, 0) is 43.5 Å². The number of amides is 2. The number of carbonyl (C=O) groups excluding carboxylic acids is 2. The van der Waals surface area contributed by atoms with Gasteiger partial charge in [0, 0.05) is 30.8 Å². The molecule has 3 atom stereocenters. The predicted octanol–water partition coefficient (Wildman–Crippen LogP) is 3.12. The Hall–Kier alpha value is -2.73. The van der Waals surface area contributed by atoms with E-state index in [4.69, 9.17) is 4.74 Å². The summed E-state index contributed by atoms with van der Waals surface area (Å²) in [5, 5.41) is 2.88. The number of nitrogens with one attached hydrogen (secondary N) is 1. The van der Waals surface area contributed by atoms with Crippen molar-refractivity contribution < 1.29 is 14.3 Å². The van der Waals surface area contributed by atoms with E-state index in [2.05, 4.69) is 17.2 Å². The van der Waals surface area contributed by atoms with Crippen molar-refractivity contribution in [1.29, 1.82) is 0 Å². The minimum absolute atomic E-state index is 0.0613. The van der Waals surface area contributed by atoms with Gasteiger partial charge >= 0.3 is 0 Å². The van der Waals surface area contributed by atoms with Gasteiger partial charge in [-0.3, -0.25) is 14.6 Å². The lowest BCUT2D eigenvalue weighted by atomic mass is 9.80. The highest BCUT2D eigenvalue weighted by Gasteiger charge is 2.49. The van der Waals surface area contributed by atoms with Crippen LogP contribution in [0.4, 0.5) is 5.69 Å². The van der Waals surface area contributed by atoms with E-state index in [1.54, 1.807) is 18.5 Å². The fraction of sp³-hybridized carbons (Fsp3) is 0.409. The Morgan fingerprint density at radius 3 is 2.71 bits per heavy atom. The molecule has 2 aliphatic heterocycles. The van der Waals surface area contributed by atoms with Crippen LogP contribution in [-0.4, -0.2) is 46.5 Å². The van der Waals surface area contributed by atoms with E-state index in [1.807, 2.05) is 41.3 Å². The van der Waals surface area contributed by atoms with Crippen molar-refractivity contribution in [2.24, 2.45) is 5.92 Å². The molecular weight excluding hydrogens is 354 g/mol. The highest BCUT2D eigenvalue weighted by atomic mass is 16.5. The van der Waals surface area contributed by atoms with Crippen LogP contribution in [0.2, 0.25) is 0 Å². The summed E-state index contributed by atoms with van der Waals surface area (Å²) >= 11 is 0. The van der Waals surface area contributed by atoms with Crippen molar-refractivity contribution in [2.75, 3.05) is 18.4 Å². The minimum atomic E-state index is -0.459. The predicted molar refractivity (Wildman–Crippen MR) is 106 cm³/mol. The van der Waals surface area contributed by atoms with E-state index >= 15 is 0 Å². The number of ether oxygens (including phenoxy) is 1. The summed E-state index contributed by atoms with van der Waals surface area (Å²) in [5.74, 6) is 0.108. The number of rotatable bonds is 3. The van der Waals surface area contributed by atoms with Gasteiger partial charge in [0.25, 0.3) is 11.8 Å². The smallest absolute Gasteiger partial charge is 0.253 e. The Bertz CT molecular complexity index is 843. The summed E-state index contributed by atoms with van der Waals surface area (Å²) in [6.07, 6.45) is 5.13. The molecule has 1 aromatic heterocycles. The molecule has 2 saturated heterocycles. The maximum absolute atomic E-state index is 12.7. The van der Waals surface area contributed by atoms with E-state index in [0.717, 1.165) is 12.8 Å². The third kappa shape index (κ3) is 3.64. The number of piperidine rings is 1. The molecule has 0 saturated carbocycles. The molecule has 0 bridgehead atoms. The number of benzene rings is 1. The van der Waals surface area contributed by atoms with Gasteiger partial charge in [0.2, 0.25) is 0 Å². The van der Waals surface area contributed by atoms with Gasteiger partial charge in [0.15, 0.2) is 0 Å².